The standard InChI is InChI=1S/C16H20ClNO5/c1-9-4-11(5-10(2)15(9)17)23-8-14(19)18-7-12(22-3)6-13(18)16(20)21/h4-5,12-13H,6-8H2,1-3H3,(H,20,21). The molecule has 1 aromatic rings. The molecule has 7 heteroatoms. The lowest BCUT2D eigenvalue weighted by Crippen LogP contribution is -2.43. The number of aliphatic carboxylic acids is 1. The van der Waals surface area contributed by atoms with Crippen molar-refractivity contribution < 1.29 is 24.2 Å². The molecular weight excluding hydrogens is 322 g/mol. The van der Waals surface area contributed by atoms with E-state index in [1.807, 2.05) is 13.8 Å². The molecule has 1 saturated heterocycles. The highest BCUT2D eigenvalue weighted by molar-refractivity contribution is 6.32. The third-order valence-electron chi connectivity index (χ3n) is 3.97. The Hall–Kier alpha value is -1.79. The van der Waals surface area contributed by atoms with Gasteiger partial charge in [-0.1, -0.05) is 11.6 Å². The zero-order valence-electron chi connectivity index (χ0n) is 13.3. The molecule has 126 valence electrons. The molecule has 2 unspecified atom stereocenters. The molecule has 23 heavy (non-hydrogen) atoms. The van der Waals surface area contributed by atoms with Gasteiger partial charge >= 0.3 is 5.97 Å². The first-order valence-electron chi connectivity index (χ1n) is 7.28. The molecule has 0 saturated carbocycles. The van der Waals surface area contributed by atoms with Gasteiger partial charge in [-0.25, -0.2) is 4.79 Å². The molecule has 0 aromatic heterocycles. The van der Waals surface area contributed by atoms with E-state index in [0.29, 0.717) is 10.8 Å². The summed E-state index contributed by atoms with van der Waals surface area (Å²) in [5.41, 5.74) is 1.72. The molecule has 1 amide bonds. The van der Waals surface area contributed by atoms with E-state index in [1.54, 1.807) is 12.1 Å². The van der Waals surface area contributed by atoms with E-state index in [2.05, 4.69) is 0 Å². The molecule has 1 heterocycles. The number of aryl methyl sites for hydroxylation is 2. The minimum atomic E-state index is -1.03. The number of halogens is 1. The highest BCUT2D eigenvalue weighted by Gasteiger charge is 2.39. The van der Waals surface area contributed by atoms with Crippen LogP contribution in [0.25, 0.3) is 0 Å². The van der Waals surface area contributed by atoms with Crippen molar-refractivity contribution in [3.05, 3.63) is 28.3 Å². The van der Waals surface area contributed by atoms with Crippen molar-refractivity contribution in [2.75, 3.05) is 20.3 Å². The number of hydrogen-bond acceptors (Lipinski definition) is 4. The number of benzene rings is 1. The number of rotatable bonds is 5. The number of carbonyl (C=O) groups is 2. The van der Waals surface area contributed by atoms with Crippen molar-refractivity contribution in [3.8, 4) is 5.75 Å². The van der Waals surface area contributed by atoms with Gasteiger partial charge in [-0.3, -0.25) is 4.79 Å². The van der Waals surface area contributed by atoms with Crippen LogP contribution in [0.5, 0.6) is 5.75 Å². The van der Waals surface area contributed by atoms with Gasteiger partial charge in [0.15, 0.2) is 6.61 Å². The fourth-order valence-corrected chi connectivity index (χ4v) is 2.80. The monoisotopic (exact) mass is 341 g/mol. The van der Waals surface area contributed by atoms with Gasteiger partial charge in [-0.05, 0) is 37.1 Å². The number of ether oxygens (including phenoxy) is 2. The zero-order valence-corrected chi connectivity index (χ0v) is 14.1. The van der Waals surface area contributed by atoms with Crippen molar-refractivity contribution in [2.45, 2.75) is 32.4 Å². The Bertz CT molecular complexity index is 595. The van der Waals surface area contributed by atoms with Crippen molar-refractivity contribution in [1.82, 2.24) is 4.90 Å². The summed E-state index contributed by atoms with van der Waals surface area (Å²) in [6.07, 6.45) is 0.0246. The molecular formula is C16H20ClNO5. The summed E-state index contributed by atoms with van der Waals surface area (Å²) in [5.74, 6) is -0.870. The van der Waals surface area contributed by atoms with Gasteiger partial charge in [0.1, 0.15) is 11.8 Å². The first-order chi connectivity index (χ1) is 10.8. The van der Waals surface area contributed by atoms with Gasteiger partial charge in [0.2, 0.25) is 0 Å². The Morgan fingerprint density at radius 2 is 1.96 bits per heavy atom. The van der Waals surface area contributed by atoms with E-state index in [-0.39, 0.29) is 31.6 Å². The van der Waals surface area contributed by atoms with Gasteiger partial charge in [-0.15, -0.1) is 0 Å². The van der Waals surface area contributed by atoms with Crippen LogP contribution in [-0.4, -0.2) is 54.3 Å². The van der Waals surface area contributed by atoms with Crippen LogP contribution in [0.4, 0.5) is 0 Å². The van der Waals surface area contributed by atoms with Crippen LogP contribution in [-0.2, 0) is 14.3 Å². The highest BCUT2D eigenvalue weighted by Crippen LogP contribution is 2.26. The van der Waals surface area contributed by atoms with E-state index in [9.17, 15) is 14.7 Å². The number of carboxylic acid groups (broad SMARTS) is 1. The number of methoxy groups -OCH3 is 1. The van der Waals surface area contributed by atoms with Crippen LogP contribution in [0.15, 0.2) is 12.1 Å². The van der Waals surface area contributed by atoms with Crippen LogP contribution < -0.4 is 4.74 Å². The molecule has 0 radical (unpaired) electrons. The molecule has 1 aliphatic heterocycles. The average Bonchev–Trinajstić information content (AvgIpc) is 2.94. The highest BCUT2D eigenvalue weighted by atomic mass is 35.5. The van der Waals surface area contributed by atoms with Crippen molar-refractivity contribution >= 4 is 23.5 Å². The smallest absolute Gasteiger partial charge is 0.326 e. The molecule has 1 aliphatic rings. The fourth-order valence-electron chi connectivity index (χ4n) is 2.70. The second kappa shape index (κ2) is 7.19. The quantitative estimate of drug-likeness (QED) is 0.887. The van der Waals surface area contributed by atoms with E-state index in [1.165, 1.54) is 12.0 Å². The predicted octanol–water partition coefficient (Wildman–Crippen LogP) is 2.04. The van der Waals surface area contributed by atoms with Gasteiger partial charge < -0.3 is 19.5 Å². The van der Waals surface area contributed by atoms with E-state index in [4.69, 9.17) is 21.1 Å². The van der Waals surface area contributed by atoms with Crippen LogP contribution in [0, 0.1) is 13.8 Å². The molecule has 1 N–H and O–H groups in total. The van der Waals surface area contributed by atoms with Crippen molar-refractivity contribution in [1.29, 1.82) is 0 Å². The third-order valence-corrected chi connectivity index (χ3v) is 4.57. The minimum Gasteiger partial charge on any atom is -0.484 e. The summed E-state index contributed by atoms with van der Waals surface area (Å²) >= 11 is 6.09. The van der Waals surface area contributed by atoms with Gasteiger partial charge in [0, 0.05) is 25.1 Å². The molecule has 2 rings (SSSR count). The van der Waals surface area contributed by atoms with Gasteiger partial charge in [0.25, 0.3) is 5.91 Å². The summed E-state index contributed by atoms with van der Waals surface area (Å²) in [7, 11) is 1.51. The predicted molar refractivity (Wildman–Crippen MR) is 85.0 cm³/mol. The maximum Gasteiger partial charge on any atom is 0.326 e. The largest absolute Gasteiger partial charge is 0.484 e. The van der Waals surface area contributed by atoms with E-state index < -0.39 is 12.0 Å². The molecule has 6 nitrogen and oxygen atoms in total. The second-order valence-corrected chi connectivity index (χ2v) is 6.03. The fraction of sp³-hybridized carbons (Fsp3) is 0.500. The van der Waals surface area contributed by atoms with Crippen LogP contribution in [0.1, 0.15) is 17.5 Å². The third kappa shape index (κ3) is 3.95. The SMILES string of the molecule is COC1CC(C(=O)O)N(C(=O)COc2cc(C)c(Cl)c(C)c2)C1. The lowest BCUT2D eigenvalue weighted by atomic mass is 10.1. The number of hydrogen-bond donors (Lipinski definition) is 1. The number of carboxylic acids is 1. The summed E-state index contributed by atoms with van der Waals surface area (Å²) in [6.45, 7) is 3.75. The van der Waals surface area contributed by atoms with Gasteiger partial charge in [-0.2, -0.15) is 0 Å². The van der Waals surface area contributed by atoms with E-state index in [0.717, 1.165) is 11.1 Å². The lowest BCUT2D eigenvalue weighted by molar-refractivity contribution is -0.148. The van der Waals surface area contributed by atoms with Crippen LogP contribution >= 0.6 is 11.6 Å². The molecule has 0 aliphatic carbocycles. The first-order valence-corrected chi connectivity index (χ1v) is 7.66. The summed E-state index contributed by atoms with van der Waals surface area (Å²) in [5, 5.41) is 9.89. The summed E-state index contributed by atoms with van der Waals surface area (Å²) in [6, 6.07) is 2.63. The Kier molecular flexibility index (Phi) is 5.49. The molecule has 0 bridgehead atoms. The number of amides is 1. The van der Waals surface area contributed by atoms with Crippen molar-refractivity contribution in [3.63, 3.8) is 0 Å². The maximum atomic E-state index is 12.3. The first kappa shape index (κ1) is 17.6. The van der Waals surface area contributed by atoms with E-state index >= 15 is 0 Å². The van der Waals surface area contributed by atoms with Crippen LogP contribution in [0.2, 0.25) is 5.02 Å². The average molecular weight is 342 g/mol. The number of likely N-dealkylation sites (tertiary alicyclic amines) is 1. The Balaban J connectivity index is 2.03. The molecule has 1 aromatic carbocycles. The molecule has 1 fully saturated rings. The minimum absolute atomic E-state index is 0.222. The Morgan fingerprint density at radius 1 is 1.35 bits per heavy atom. The number of carbonyl (C=O) groups excluding carboxylic acids is 1. The zero-order chi connectivity index (χ0) is 17.1. The molecule has 0 spiro atoms. The van der Waals surface area contributed by atoms with Gasteiger partial charge in [0.05, 0.1) is 6.10 Å². The topological polar surface area (TPSA) is 76.1 Å². The maximum absolute atomic E-state index is 12.3. The Labute approximate surface area is 139 Å². The lowest BCUT2D eigenvalue weighted by Gasteiger charge is -2.21. The molecule has 2 atom stereocenters. The summed E-state index contributed by atoms with van der Waals surface area (Å²) < 4.78 is 10.7. The Morgan fingerprint density at radius 3 is 2.48 bits per heavy atom. The second-order valence-electron chi connectivity index (χ2n) is 5.65. The number of nitrogens with zero attached hydrogens (tertiary/aromatic N) is 1. The normalized spacial score (nSPS) is 20.6. The van der Waals surface area contributed by atoms with Crippen molar-refractivity contribution in [2.24, 2.45) is 0 Å². The van der Waals surface area contributed by atoms with Crippen LogP contribution in [0.3, 0.4) is 0 Å². The summed E-state index contributed by atoms with van der Waals surface area (Å²) in [4.78, 5) is 24.9.